The molecule has 0 aliphatic carbocycles. The summed E-state index contributed by atoms with van der Waals surface area (Å²) in [7, 11) is 0. The van der Waals surface area contributed by atoms with E-state index in [1.54, 1.807) is 0 Å². The van der Waals surface area contributed by atoms with Crippen LogP contribution in [0.2, 0.25) is 10.0 Å². The highest BCUT2D eigenvalue weighted by atomic mass is 35.5. The highest BCUT2D eigenvalue weighted by molar-refractivity contribution is 6.35. The van der Waals surface area contributed by atoms with Crippen molar-refractivity contribution in [2.45, 2.75) is 44.1 Å². The summed E-state index contributed by atoms with van der Waals surface area (Å²) in [6.45, 7) is 0.607. The third kappa shape index (κ3) is 4.90. The summed E-state index contributed by atoms with van der Waals surface area (Å²) in [4.78, 5) is 8.19. The average Bonchev–Trinajstić information content (AvgIpc) is 3.21. The Bertz CT molecular complexity index is 1060. The first-order chi connectivity index (χ1) is 15.7. The number of nitrogens with one attached hydrogen (secondary N) is 1. The molecule has 0 spiro atoms. The van der Waals surface area contributed by atoms with Gasteiger partial charge in [-0.3, -0.25) is 0 Å². The van der Waals surface area contributed by atoms with Crippen LogP contribution in [0.4, 0.5) is 41.1 Å². The summed E-state index contributed by atoms with van der Waals surface area (Å²) in [5, 5.41) is 0.768. The minimum absolute atomic E-state index is 0.187. The Hall–Kier alpha value is -1.92. The second-order valence-electron chi connectivity index (χ2n) is 7.82. The fourth-order valence-corrected chi connectivity index (χ4v) is 4.29. The van der Waals surface area contributed by atoms with Crippen LogP contribution in [0, 0.1) is 11.6 Å². The number of rotatable bonds is 6. The number of hydrogen-bond donors (Lipinski definition) is 1. The Morgan fingerprint density at radius 2 is 1.79 bits per heavy atom. The number of halogens is 10. The van der Waals surface area contributed by atoms with Crippen LogP contribution in [0.15, 0.2) is 12.3 Å². The second-order valence-corrected chi connectivity index (χ2v) is 8.60. The number of hydrogen-bond acceptors (Lipinski definition) is 4. The summed E-state index contributed by atoms with van der Waals surface area (Å²) in [5.41, 5.74) is -5.49. The maximum atomic E-state index is 14.7. The van der Waals surface area contributed by atoms with Gasteiger partial charge in [-0.05, 0) is 25.5 Å². The molecular formula is C20H18Cl2F8N4. The Morgan fingerprint density at radius 1 is 1.12 bits per heavy atom. The molecule has 1 aromatic heterocycles. The van der Waals surface area contributed by atoms with Crippen molar-refractivity contribution < 1.29 is 35.1 Å². The van der Waals surface area contributed by atoms with Gasteiger partial charge in [-0.25, -0.2) is 18.7 Å². The number of benzene rings is 1. The van der Waals surface area contributed by atoms with Gasteiger partial charge in [0.1, 0.15) is 16.3 Å². The number of aromatic nitrogens is 2. The molecule has 1 N–H and O–H groups in total. The van der Waals surface area contributed by atoms with Crippen LogP contribution in [-0.2, 0) is 18.1 Å². The summed E-state index contributed by atoms with van der Waals surface area (Å²) in [5.74, 6) is -3.66. The van der Waals surface area contributed by atoms with Gasteiger partial charge in [0.2, 0.25) is 5.95 Å². The Balaban J connectivity index is 2.03. The highest BCUT2D eigenvalue weighted by Crippen LogP contribution is 2.50. The lowest BCUT2D eigenvalue weighted by molar-refractivity contribution is -0.185. The van der Waals surface area contributed by atoms with Crippen LogP contribution >= 0.6 is 23.2 Å². The molecule has 0 radical (unpaired) electrons. The van der Waals surface area contributed by atoms with Crippen LogP contribution in [0.3, 0.4) is 0 Å². The zero-order chi connectivity index (χ0) is 25.5. The summed E-state index contributed by atoms with van der Waals surface area (Å²) in [6.07, 6.45) is -9.17. The van der Waals surface area contributed by atoms with Gasteiger partial charge in [-0.2, -0.15) is 26.3 Å². The molecule has 4 nitrogen and oxygen atoms in total. The molecule has 2 aromatic rings. The molecule has 1 unspecified atom stereocenters. The van der Waals surface area contributed by atoms with Gasteiger partial charge in [0.15, 0.2) is 11.5 Å². The average molecular weight is 537 g/mol. The molecule has 1 atom stereocenters. The predicted octanol–water partition coefficient (Wildman–Crippen LogP) is 6.29. The monoisotopic (exact) mass is 536 g/mol. The molecule has 1 saturated heterocycles. The molecule has 34 heavy (non-hydrogen) atoms. The van der Waals surface area contributed by atoms with Gasteiger partial charge in [0.05, 0.1) is 5.02 Å². The topological polar surface area (TPSA) is 41.1 Å². The van der Waals surface area contributed by atoms with Crippen molar-refractivity contribution in [3.8, 4) is 0 Å². The Morgan fingerprint density at radius 3 is 2.38 bits per heavy atom. The lowest BCUT2D eigenvalue weighted by atomic mass is 9.78. The SMILES string of the molecule is CCCNCc1cnc(N2CCC(c3cc(Cl)c(F)c(Cl)c3F)(C(F)(F)F)C2)nc1C(F)(F)F. The number of alkyl halides is 6. The minimum Gasteiger partial charge on any atom is -0.340 e. The van der Waals surface area contributed by atoms with Crippen molar-refractivity contribution in [1.29, 1.82) is 0 Å². The molecule has 0 bridgehead atoms. The fraction of sp³-hybridized carbons (Fsp3) is 0.500. The maximum absolute atomic E-state index is 14.7. The van der Waals surface area contributed by atoms with Crippen LogP contribution in [-0.4, -0.2) is 35.8 Å². The first-order valence-electron chi connectivity index (χ1n) is 10.0. The molecule has 1 aromatic carbocycles. The van der Waals surface area contributed by atoms with Gasteiger partial charge in [-0.15, -0.1) is 0 Å². The Labute approximate surface area is 199 Å². The van der Waals surface area contributed by atoms with Crippen molar-refractivity contribution in [2.75, 3.05) is 24.5 Å². The van der Waals surface area contributed by atoms with Crippen molar-refractivity contribution in [3.63, 3.8) is 0 Å². The first kappa shape index (κ1) is 26.7. The highest BCUT2D eigenvalue weighted by Gasteiger charge is 2.61. The zero-order valence-corrected chi connectivity index (χ0v) is 19.0. The normalized spacial score (nSPS) is 19.2. The largest absolute Gasteiger partial charge is 0.433 e. The zero-order valence-electron chi connectivity index (χ0n) is 17.5. The van der Waals surface area contributed by atoms with Crippen molar-refractivity contribution in [1.82, 2.24) is 15.3 Å². The maximum Gasteiger partial charge on any atom is 0.433 e. The smallest absolute Gasteiger partial charge is 0.340 e. The quantitative estimate of drug-likeness (QED) is 0.204. The van der Waals surface area contributed by atoms with E-state index in [1.807, 2.05) is 6.92 Å². The molecule has 1 fully saturated rings. The van der Waals surface area contributed by atoms with Gasteiger partial charge >= 0.3 is 12.4 Å². The molecular weight excluding hydrogens is 519 g/mol. The number of nitrogens with zero attached hydrogens (tertiary/aromatic N) is 3. The predicted molar refractivity (Wildman–Crippen MR) is 110 cm³/mol. The van der Waals surface area contributed by atoms with Gasteiger partial charge in [-0.1, -0.05) is 30.1 Å². The third-order valence-electron chi connectivity index (χ3n) is 5.58. The summed E-state index contributed by atoms with van der Waals surface area (Å²) in [6, 6.07) is 0.500. The van der Waals surface area contributed by atoms with Crippen LogP contribution in [0.1, 0.15) is 36.6 Å². The van der Waals surface area contributed by atoms with Crippen molar-refractivity contribution in [3.05, 3.63) is 50.8 Å². The fourth-order valence-electron chi connectivity index (χ4n) is 3.83. The van der Waals surface area contributed by atoms with E-state index in [0.717, 1.165) is 11.1 Å². The molecule has 1 aliphatic rings. The van der Waals surface area contributed by atoms with E-state index in [0.29, 0.717) is 19.0 Å². The van der Waals surface area contributed by atoms with E-state index in [1.165, 1.54) is 0 Å². The lowest BCUT2D eigenvalue weighted by Gasteiger charge is -2.33. The van der Waals surface area contributed by atoms with Crippen molar-refractivity contribution in [2.24, 2.45) is 0 Å². The van der Waals surface area contributed by atoms with Gasteiger partial charge in [0.25, 0.3) is 0 Å². The van der Waals surface area contributed by atoms with E-state index in [2.05, 4.69) is 15.3 Å². The van der Waals surface area contributed by atoms with Crippen LogP contribution < -0.4 is 10.2 Å². The van der Waals surface area contributed by atoms with E-state index in [4.69, 9.17) is 23.2 Å². The molecule has 3 rings (SSSR count). The standard InChI is InChI=1S/C20H18Cl2F8N4/c1-2-4-31-7-10-8-32-17(33-16(10)19(25,26)27)34-5-3-18(9-34,20(28,29)30)11-6-12(21)15(24)13(22)14(11)23/h6,8,31H,2-5,7,9H2,1H3. The molecule has 14 heteroatoms. The Kier molecular flexibility index (Phi) is 7.55. The molecule has 0 saturated carbocycles. The lowest BCUT2D eigenvalue weighted by Crippen LogP contribution is -2.46. The summed E-state index contributed by atoms with van der Waals surface area (Å²) < 4.78 is 112. The van der Waals surface area contributed by atoms with Crippen molar-refractivity contribution >= 4 is 29.2 Å². The van der Waals surface area contributed by atoms with Gasteiger partial charge in [0, 0.05) is 37.0 Å². The molecule has 1 aliphatic heterocycles. The van der Waals surface area contributed by atoms with E-state index >= 15 is 0 Å². The van der Waals surface area contributed by atoms with E-state index in [9.17, 15) is 35.1 Å². The molecule has 2 heterocycles. The number of anilines is 1. The van der Waals surface area contributed by atoms with E-state index in [-0.39, 0.29) is 12.1 Å². The van der Waals surface area contributed by atoms with Gasteiger partial charge < -0.3 is 10.2 Å². The van der Waals surface area contributed by atoms with Crippen LogP contribution in [0.25, 0.3) is 0 Å². The van der Waals surface area contributed by atoms with Crippen LogP contribution in [0.5, 0.6) is 0 Å². The third-order valence-corrected chi connectivity index (χ3v) is 6.18. The molecule has 0 amide bonds. The van der Waals surface area contributed by atoms with E-state index < -0.39 is 76.2 Å². The second kappa shape index (κ2) is 9.62. The first-order valence-corrected chi connectivity index (χ1v) is 10.8. The minimum atomic E-state index is -5.08. The molecule has 188 valence electrons. The summed E-state index contributed by atoms with van der Waals surface area (Å²) >= 11 is 11.1.